The molecule has 1 aliphatic rings. The molecule has 0 fully saturated rings. The first kappa shape index (κ1) is 21.6. The van der Waals surface area contributed by atoms with E-state index in [1.165, 1.54) is 24.3 Å². The Morgan fingerprint density at radius 3 is 2.56 bits per heavy atom. The maximum atomic E-state index is 13.4. The summed E-state index contributed by atoms with van der Waals surface area (Å²) in [6, 6.07) is 22.0. The fourth-order valence-electron chi connectivity index (χ4n) is 3.94. The molecular formula is C26H24FNO4. The summed E-state index contributed by atoms with van der Waals surface area (Å²) in [4.78, 5) is 17.2. The zero-order valence-electron chi connectivity index (χ0n) is 17.8. The van der Waals surface area contributed by atoms with Crippen molar-refractivity contribution in [2.24, 2.45) is 5.16 Å². The van der Waals surface area contributed by atoms with Gasteiger partial charge in [-0.1, -0.05) is 53.7 Å². The number of aryl methyl sites for hydroxylation is 1. The molecule has 1 aliphatic carbocycles. The highest BCUT2D eigenvalue weighted by Crippen LogP contribution is 2.38. The molecule has 3 aromatic carbocycles. The van der Waals surface area contributed by atoms with E-state index < -0.39 is 5.97 Å². The number of carbonyl (C=O) groups excluding carboxylic acids is 1. The van der Waals surface area contributed by atoms with Crippen molar-refractivity contribution in [2.45, 2.75) is 18.8 Å². The highest BCUT2D eigenvalue weighted by Gasteiger charge is 2.24. The van der Waals surface area contributed by atoms with Crippen molar-refractivity contribution in [1.29, 1.82) is 0 Å². The summed E-state index contributed by atoms with van der Waals surface area (Å²) in [6.07, 6.45) is 1.87. The molecule has 0 spiro atoms. The van der Waals surface area contributed by atoms with Crippen LogP contribution in [0.15, 0.2) is 78.0 Å². The van der Waals surface area contributed by atoms with E-state index in [1.54, 1.807) is 18.2 Å². The van der Waals surface area contributed by atoms with Gasteiger partial charge in [-0.2, -0.15) is 0 Å². The van der Waals surface area contributed by atoms with Gasteiger partial charge in [0, 0.05) is 11.5 Å². The molecule has 0 radical (unpaired) electrons. The maximum absolute atomic E-state index is 13.4. The summed E-state index contributed by atoms with van der Waals surface area (Å²) in [7, 11) is 1.30. The molecule has 0 aliphatic heterocycles. The molecule has 6 heteroatoms. The zero-order chi connectivity index (χ0) is 22.3. The molecule has 0 amide bonds. The van der Waals surface area contributed by atoms with E-state index in [4.69, 9.17) is 14.3 Å². The topological polar surface area (TPSA) is 57.1 Å². The second kappa shape index (κ2) is 10.1. The molecule has 32 heavy (non-hydrogen) atoms. The average molecular weight is 433 g/mol. The molecule has 0 N–H and O–H groups in total. The van der Waals surface area contributed by atoms with E-state index in [0.717, 1.165) is 24.2 Å². The van der Waals surface area contributed by atoms with Gasteiger partial charge in [0.25, 0.3) is 0 Å². The number of hydrogen-bond acceptors (Lipinski definition) is 5. The van der Waals surface area contributed by atoms with Crippen molar-refractivity contribution < 1.29 is 23.5 Å². The number of hydrogen-bond donors (Lipinski definition) is 0. The van der Waals surface area contributed by atoms with Gasteiger partial charge < -0.3 is 14.3 Å². The van der Waals surface area contributed by atoms with Gasteiger partial charge in [-0.15, -0.1) is 0 Å². The monoisotopic (exact) mass is 433 g/mol. The lowest BCUT2D eigenvalue weighted by Crippen LogP contribution is -2.18. The number of halogens is 1. The summed E-state index contributed by atoms with van der Waals surface area (Å²) < 4.78 is 23.9. The summed E-state index contributed by atoms with van der Waals surface area (Å²) in [5, 5.41) is 3.93. The normalized spacial score (nSPS) is 15.2. The Morgan fingerprint density at radius 2 is 1.81 bits per heavy atom. The van der Waals surface area contributed by atoms with Gasteiger partial charge in [0.2, 0.25) is 0 Å². The van der Waals surface area contributed by atoms with Crippen LogP contribution in [0.3, 0.4) is 0 Å². The number of methoxy groups -OCH3 is 1. The maximum Gasteiger partial charge on any atom is 0.360 e. The zero-order valence-corrected chi connectivity index (χ0v) is 17.8. The van der Waals surface area contributed by atoms with E-state index in [-0.39, 0.29) is 30.7 Å². The molecule has 5 nitrogen and oxygen atoms in total. The lowest BCUT2D eigenvalue weighted by molar-refractivity contribution is -0.132. The fourth-order valence-corrected chi connectivity index (χ4v) is 3.94. The molecule has 1 unspecified atom stereocenters. The SMILES string of the molecule is COC(=O)/C(=N\OCCOc1ccc(C2CCc3cc(F)ccc32)cc1)c1ccccc1. The Morgan fingerprint density at radius 1 is 1.03 bits per heavy atom. The van der Waals surface area contributed by atoms with Crippen molar-refractivity contribution >= 4 is 11.7 Å². The van der Waals surface area contributed by atoms with Crippen LogP contribution in [-0.4, -0.2) is 32.0 Å². The van der Waals surface area contributed by atoms with Crippen molar-refractivity contribution in [3.8, 4) is 5.75 Å². The highest BCUT2D eigenvalue weighted by molar-refractivity contribution is 6.43. The lowest BCUT2D eigenvalue weighted by atomic mass is 9.93. The molecule has 1 atom stereocenters. The quantitative estimate of drug-likeness (QED) is 0.220. The second-order valence-electron chi connectivity index (χ2n) is 7.48. The number of nitrogens with zero attached hydrogens (tertiary/aromatic N) is 1. The average Bonchev–Trinajstić information content (AvgIpc) is 3.25. The van der Waals surface area contributed by atoms with Gasteiger partial charge in [0.15, 0.2) is 12.3 Å². The van der Waals surface area contributed by atoms with Crippen LogP contribution in [0.5, 0.6) is 5.75 Å². The van der Waals surface area contributed by atoms with Crippen LogP contribution in [0.2, 0.25) is 0 Å². The van der Waals surface area contributed by atoms with Gasteiger partial charge in [0.05, 0.1) is 7.11 Å². The number of benzene rings is 3. The third kappa shape index (κ3) is 4.97. The van der Waals surface area contributed by atoms with Gasteiger partial charge in [0.1, 0.15) is 18.2 Å². The highest BCUT2D eigenvalue weighted by atomic mass is 19.1. The van der Waals surface area contributed by atoms with Crippen LogP contribution in [0, 0.1) is 5.82 Å². The van der Waals surface area contributed by atoms with Crippen LogP contribution in [-0.2, 0) is 20.8 Å². The van der Waals surface area contributed by atoms with Crippen molar-refractivity contribution in [3.63, 3.8) is 0 Å². The molecular weight excluding hydrogens is 409 g/mol. The van der Waals surface area contributed by atoms with Gasteiger partial charge in [-0.25, -0.2) is 9.18 Å². The Labute approximate surface area is 186 Å². The summed E-state index contributed by atoms with van der Waals surface area (Å²) >= 11 is 0. The number of fused-ring (bicyclic) bond motifs is 1. The summed E-state index contributed by atoms with van der Waals surface area (Å²) in [5.74, 6) is 0.257. The minimum atomic E-state index is -0.566. The predicted octanol–water partition coefficient (Wildman–Crippen LogP) is 4.88. The van der Waals surface area contributed by atoms with Gasteiger partial charge in [-0.05, 0) is 53.8 Å². The number of rotatable bonds is 8. The number of esters is 1. The Hall–Kier alpha value is -3.67. The van der Waals surface area contributed by atoms with Crippen LogP contribution in [0.25, 0.3) is 0 Å². The second-order valence-corrected chi connectivity index (χ2v) is 7.48. The van der Waals surface area contributed by atoms with Crippen molar-refractivity contribution in [2.75, 3.05) is 20.3 Å². The first-order chi connectivity index (χ1) is 15.7. The third-order valence-corrected chi connectivity index (χ3v) is 5.49. The number of carbonyl (C=O) groups is 1. The summed E-state index contributed by atoms with van der Waals surface area (Å²) in [6.45, 7) is 0.453. The Kier molecular flexibility index (Phi) is 6.80. The van der Waals surface area contributed by atoms with Crippen LogP contribution < -0.4 is 4.74 Å². The van der Waals surface area contributed by atoms with Crippen molar-refractivity contribution in [3.05, 3.63) is 101 Å². The van der Waals surface area contributed by atoms with E-state index in [1.807, 2.05) is 48.5 Å². The predicted molar refractivity (Wildman–Crippen MR) is 119 cm³/mol. The standard InChI is InChI=1S/C26H24FNO4/c1-30-26(29)25(19-5-3-2-4-6-19)28-32-16-15-31-22-11-7-18(8-12-22)23-13-9-20-17-21(27)10-14-24(20)23/h2-8,10-12,14,17,23H,9,13,15-16H2,1H3/b28-25-. The van der Waals surface area contributed by atoms with Crippen LogP contribution in [0.1, 0.15) is 34.6 Å². The minimum Gasteiger partial charge on any atom is -0.490 e. The molecule has 0 bridgehead atoms. The van der Waals surface area contributed by atoms with Crippen molar-refractivity contribution in [1.82, 2.24) is 0 Å². The fraction of sp³-hybridized carbons (Fsp3) is 0.231. The van der Waals surface area contributed by atoms with E-state index in [9.17, 15) is 9.18 Å². The molecule has 3 aromatic rings. The number of ether oxygens (including phenoxy) is 2. The van der Waals surface area contributed by atoms with Gasteiger partial charge >= 0.3 is 5.97 Å². The smallest absolute Gasteiger partial charge is 0.360 e. The van der Waals surface area contributed by atoms with E-state index in [2.05, 4.69) is 5.16 Å². The van der Waals surface area contributed by atoms with E-state index >= 15 is 0 Å². The third-order valence-electron chi connectivity index (χ3n) is 5.49. The lowest BCUT2D eigenvalue weighted by Gasteiger charge is -2.13. The molecule has 4 rings (SSSR count). The molecule has 164 valence electrons. The molecule has 0 saturated heterocycles. The van der Waals surface area contributed by atoms with Crippen LogP contribution >= 0.6 is 0 Å². The Bertz CT molecular complexity index is 1100. The van der Waals surface area contributed by atoms with E-state index in [0.29, 0.717) is 5.56 Å². The first-order valence-corrected chi connectivity index (χ1v) is 10.5. The largest absolute Gasteiger partial charge is 0.490 e. The number of oxime groups is 1. The van der Waals surface area contributed by atoms with Crippen LogP contribution in [0.4, 0.5) is 4.39 Å². The molecule has 0 saturated carbocycles. The minimum absolute atomic E-state index is 0.106. The Balaban J connectivity index is 1.31. The molecule has 0 heterocycles. The first-order valence-electron chi connectivity index (χ1n) is 10.5. The molecule has 0 aromatic heterocycles. The summed E-state index contributed by atoms with van der Waals surface area (Å²) in [5.41, 5.74) is 4.21. The van der Waals surface area contributed by atoms with Gasteiger partial charge in [-0.3, -0.25) is 0 Å².